The Balaban J connectivity index is 1.98. The molecule has 1 aromatic heterocycles. The zero-order valence-corrected chi connectivity index (χ0v) is 15.8. The molecule has 0 radical (unpaired) electrons. The van der Waals surface area contributed by atoms with Gasteiger partial charge in [-0.05, 0) is 55.5 Å². The third-order valence-corrected chi connectivity index (χ3v) is 5.69. The molecule has 0 aliphatic heterocycles. The number of anilines is 1. The number of H-pyrrole nitrogens is 1. The number of aromatic amines is 1. The van der Waals surface area contributed by atoms with Crippen molar-refractivity contribution < 1.29 is 8.42 Å². The van der Waals surface area contributed by atoms with Gasteiger partial charge in [-0.1, -0.05) is 17.7 Å². The standard InChI is InChI=1S/C16H12ClN5O2S2/c1-10-19-20-16(25)22(10)13-4-2-3-12(8-13)21-26(23,24)15-6-5-11(9-18)7-14(15)17/h2-8,21H,1H3,(H,20,25). The number of halogens is 1. The Hall–Kier alpha value is -2.67. The minimum atomic E-state index is -3.92. The van der Waals surface area contributed by atoms with Gasteiger partial charge in [0, 0.05) is 0 Å². The first-order valence-electron chi connectivity index (χ1n) is 7.29. The zero-order chi connectivity index (χ0) is 18.9. The molecule has 0 saturated heterocycles. The lowest BCUT2D eigenvalue weighted by Gasteiger charge is -2.11. The number of aryl methyl sites for hydroxylation is 1. The number of rotatable bonds is 4. The van der Waals surface area contributed by atoms with Gasteiger partial charge in [-0.15, -0.1) is 0 Å². The largest absolute Gasteiger partial charge is 0.280 e. The number of benzene rings is 2. The summed E-state index contributed by atoms with van der Waals surface area (Å²) in [5.74, 6) is 0.644. The van der Waals surface area contributed by atoms with E-state index in [-0.39, 0.29) is 15.5 Å². The number of hydrogen-bond acceptors (Lipinski definition) is 5. The number of sulfonamides is 1. The van der Waals surface area contributed by atoms with Crippen LogP contribution in [0.15, 0.2) is 47.4 Å². The summed E-state index contributed by atoms with van der Waals surface area (Å²) >= 11 is 11.2. The van der Waals surface area contributed by atoms with Gasteiger partial charge >= 0.3 is 0 Å². The van der Waals surface area contributed by atoms with Crippen LogP contribution < -0.4 is 4.72 Å². The summed E-state index contributed by atoms with van der Waals surface area (Å²) in [4.78, 5) is -0.111. The topological polar surface area (TPSA) is 104 Å². The van der Waals surface area contributed by atoms with E-state index < -0.39 is 10.0 Å². The van der Waals surface area contributed by atoms with Crippen molar-refractivity contribution in [1.82, 2.24) is 14.8 Å². The van der Waals surface area contributed by atoms with Crippen LogP contribution in [0.4, 0.5) is 5.69 Å². The fourth-order valence-electron chi connectivity index (χ4n) is 2.39. The maximum atomic E-state index is 12.6. The summed E-state index contributed by atoms with van der Waals surface area (Å²) in [5, 5.41) is 15.6. The summed E-state index contributed by atoms with van der Waals surface area (Å²) in [6.45, 7) is 1.78. The van der Waals surface area contributed by atoms with Crippen LogP contribution in [0, 0.1) is 23.0 Å². The van der Waals surface area contributed by atoms with Crippen LogP contribution in [-0.4, -0.2) is 23.2 Å². The molecule has 0 unspecified atom stereocenters. The Morgan fingerprint density at radius 1 is 1.31 bits per heavy atom. The molecule has 0 aliphatic carbocycles. The Morgan fingerprint density at radius 2 is 2.08 bits per heavy atom. The quantitative estimate of drug-likeness (QED) is 0.646. The van der Waals surface area contributed by atoms with E-state index >= 15 is 0 Å². The van der Waals surface area contributed by atoms with Crippen LogP contribution in [0.5, 0.6) is 0 Å². The number of nitrogens with zero attached hydrogens (tertiary/aromatic N) is 3. The van der Waals surface area contributed by atoms with Crippen molar-refractivity contribution in [2.75, 3.05) is 4.72 Å². The molecule has 0 saturated carbocycles. The van der Waals surface area contributed by atoms with Gasteiger partial charge in [0.15, 0.2) is 4.77 Å². The van der Waals surface area contributed by atoms with Gasteiger partial charge in [-0.2, -0.15) is 10.4 Å². The predicted octanol–water partition coefficient (Wildman–Crippen LogP) is 3.56. The van der Waals surface area contributed by atoms with E-state index in [0.29, 0.717) is 22.0 Å². The Kier molecular flexibility index (Phi) is 4.82. The van der Waals surface area contributed by atoms with Gasteiger partial charge in [0.2, 0.25) is 0 Å². The lowest BCUT2D eigenvalue weighted by atomic mass is 10.2. The fourth-order valence-corrected chi connectivity index (χ4v) is 4.27. The van der Waals surface area contributed by atoms with Gasteiger partial charge in [0.1, 0.15) is 10.7 Å². The normalized spacial score (nSPS) is 11.1. The molecule has 0 fully saturated rings. The number of hydrogen-bond donors (Lipinski definition) is 2. The summed E-state index contributed by atoms with van der Waals surface area (Å²) in [6.07, 6.45) is 0. The third-order valence-electron chi connectivity index (χ3n) is 3.55. The average molecular weight is 406 g/mol. The van der Waals surface area contributed by atoms with Crippen molar-refractivity contribution in [3.8, 4) is 11.8 Å². The van der Waals surface area contributed by atoms with E-state index in [1.165, 1.54) is 18.2 Å². The lowest BCUT2D eigenvalue weighted by molar-refractivity contribution is 0.601. The van der Waals surface area contributed by atoms with Crippen molar-refractivity contribution in [2.24, 2.45) is 0 Å². The minimum Gasteiger partial charge on any atom is -0.280 e. The van der Waals surface area contributed by atoms with E-state index in [4.69, 9.17) is 29.1 Å². The smallest absolute Gasteiger partial charge is 0.263 e. The van der Waals surface area contributed by atoms with Gasteiger partial charge in [0.25, 0.3) is 10.0 Å². The van der Waals surface area contributed by atoms with Gasteiger partial charge in [-0.3, -0.25) is 14.4 Å². The molecule has 0 spiro atoms. The highest BCUT2D eigenvalue weighted by atomic mass is 35.5. The van der Waals surface area contributed by atoms with Crippen LogP contribution in [0.2, 0.25) is 5.02 Å². The van der Waals surface area contributed by atoms with E-state index in [9.17, 15) is 8.42 Å². The molecular weight excluding hydrogens is 394 g/mol. The number of nitriles is 1. The van der Waals surface area contributed by atoms with Crippen LogP contribution in [0.25, 0.3) is 5.69 Å². The summed E-state index contributed by atoms with van der Waals surface area (Å²) in [5.41, 5.74) is 1.28. The highest BCUT2D eigenvalue weighted by Gasteiger charge is 2.19. The molecule has 1 heterocycles. The average Bonchev–Trinajstić information content (AvgIpc) is 2.93. The molecule has 3 rings (SSSR count). The molecule has 0 aliphatic rings. The molecule has 2 aromatic carbocycles. The Morgan fingerprint density at radius 3 is 2.69 bits per heavy atom. The lowest BCUT2D eigenvalue weighted by Crippen LogP contribution is -2.14. The molecule has 2 N–H and O–H groups in total. The van der Waals surface area contributed by atoms with Crippen molar-refractivity contribution in [3.05, 3.63) is 63.6 Å². The maximum absolute atomic E-state index is 12.6. The summed E-state index contributed by atoms with van der Waals surface area (Å²) < 4.78 is 29.8. The molecule has 0 bridgehead atoms. The fraction of sp³-hybridized carbons (Fsp3) is 0.0625. The van der Waals surface area contributed by atoms with Crippen LogP contribution in [0.1, 0.15) is 11.4 Å². The van der Waals surface area contributed by atoms with Crippen molar-refractivity contribution >= 4 is 39.5 Å². The second-order valence-corrected chi connectivity index (χ2v) is 7.77. The third kappa shape index (κ3) is 3.48. The molecule has 0 amide bonds. The highest BCUT2D eigenvalue weighted by Crippen LogP contribution is 2.25. The van der Waals surface area contributed by atoms with Crippen molar-refractivity contribution in [2.45, 2.75) is 11.8 Å². The van der Waals surface area contributed by atoms with E-state index in [2.05, 4.69) is 14.9 Å². The second kappa shape index (κ2) is 6.92. The SMILES string of the molecule is Cc1n[nH]c(=S)n1-c1cccc(NS(=O)(=O)c2ccc(C#N)cc2Cl)c1. The molecule has 3 aromatic rings. The van der Waals surface area contributed by atoms with Crippen LogP contribution >= 0.6 is 23.8 Å². The van der Waals surface area contributed by atoms with Crippen molar-refractivity contribution in [1.29, 1.82) is 5.26 Å². The number of aromatic nitrogens is 3. The molecule has 10 heteroatoms. The van der Waals surface area contributed by atoms with Gasteiger partial charge in [0.05, 0.1) is 28.0 Å². The van der Waals surface area contributed by atoms with Gasteiger partial charge in [-0.25, -0.2) is 8.42 Å². The monoisotopic (exact) mass is 405 g/mol. The predicted molar refractivity (Wildman–Crippen MR) is 100 cm³/mol. The minimum absolute atomic E-state index is 0.0272. The zero-order valence-electron chi connectivity index (χ0n) is 13.4. The Bertz CT molecular complexity index is 1190. The van der Waals surface area contributed by atoms with E-state index in [1.54, 1.807) is 35.8 Å². The first-order valence-corrected chi connectivity index (χ1v) is 9.56. The van der Waals surface area contributed by atoms with Crippen LogP contribution in [-0.2, 0) is 10.0 Å². The van der Waals surface area contributed by atoms with Crippen molar-refractivity contribution in [3.63, 3.8) is 0 Å². The molecular formula is C16H12ClN5O2S2. The van der Waals surface area contributed by atoms with Gasteiger partial charge < -0.3 is 0 Å². The number of nitrogens with one attached hydrogen (secondary N) is 2. The molecule has 7 nitrogen and oxygen atoms in total. The maximum Gasteiger partial charge on any atom is 0.263 e. The summed E-state index contributed by atoms with van der Waals surface area (Å²) in [6, 6.07) is 12.6. The Labute approximate surface area is 159 Å². The first kappa shape index (κ1) is 18.1. The van der Waals surface area contributed by atoms with E-state index in [1.807, 2.05) is 6.07 Å². The molecule has 132 valence electrons. The summed E-state index contributed by atoms with van der Waals surface area (Å²) in [7, 11) is -3.92. The van der Waals surface area contributed by atoms with E-state index in [0.717, 1.165) is 0 Å². The second-order valence-electron chi connectivity index (χ2n) is 5.32. The first-order chi connectivity index (χ1) is 12.3. The molecule has 0 atom stereocenters. The highest BCUT2D eigenvalue weighted by molar-refractivity contribution is 7.92. The van der Waals surface area contributed by atoms with Crippen LogP contribution in [0.3, 0.4) is 0 Å². The molecule has 26 heavy (non-hydrogen) atoms.